The first-order valence-electron chi connectivity index (χ1n) is 9.99. The number of amides is 2. The summed E-state index contributed by atoms with van der Waals surface area (Å²) in [6.07, 6.45) is 3.99. The number of rotatable bonds is 3. The number of nitrogens with zero attached hydrogens (tertiary/aromatic N) is 2. The highest BCUT2D eigenvalue weighted by molar-refractivity contribution is 6.14. The van der Waals surface area contributed by atoms with E-state index in [2.05, 4.69) is 5.32 Å². The highest BCUT2D eigenvalue weighted by atomic mass is 16.2. The number of anilines is 1. The molecule has 1 aromatic heterocycles. The van der Waals surface area contributed by atoms with E-state index < -0.39 is 0 Å². The van der Waals surface area contributed by atoms with Crippen molar-refractivity contribution in [2.24, 2.45) is 0 Å². The maximum Gasteiger partial charge on any atom is 0.256 e. The van der Waals surface area contributed by atoms with Crippen LogP contribution >= 0.6 is 0 Å². The van der Waals surface area contributed by atoms with Gasteiger partial charge in [-0.3, -0.25) is 14.6 Å². The van der Waals surface area contributed by atoms with Gasteiger partial charge in [0, 0.05) is 36.4 Å². The lowest BCUT2D eigenvalue weighted by Gasteiger charge is -2.20. The molecule has 3 aromatic rings. The topological polar surface area (TPSA) is 62.3 Å². The number of pyridine rings is 1. The molecule has 1 heterocycles. The van der Waals surface area contributed by atoms with E-state index in [9.17, 15) is 9.59 Å². The lowest BCUT2D eigenvalue weighted by molar-refractivity contribution is 0.0827. The second-order valence-electron chi connectivity index (χ2n) is 7.87. The van der Waals surface area contributed by atoms with Gasteiger partial charge in [0.05, 0.1) is 11.1 Å². The van der Waals surface area contributed by atoms with Crippen molar-refractivity contribution in [3.63, 3.8) is 0 Å². The molecule has 0 saturated carbocycles. The molecule has 0 fully saturated rings. The summed E-state index contributed by atoms with van der Waals surface area (Å²) in [6, 6.07) is 13.1. The Kier molecular flexibility index (Phi) is 5.05. The number of hydrogen-bond acceptors (Lipinski definition) is 3. The van der Waals surface area contributed by atoms with Crippen LogP contribution in [-0.4, -0.2) is 35.8 Å². The van der Waals surface area contributed by atoms with Crippen molar-refractivity contribution in [2.45, 2.75) is 32.6 Å². The van der Waals surface area contributed by atoms with E-state index in [1.807, 2.05) is 25.1 Å². The first kappa shape index (κ1) is 19.1. The van der Waals surface area contributed by atoms with Crippen LogP contribution in [0.25, 0.3) is 10.9 Å². The average molecular weight is 387 g/mol. The van der Waals surface area contributed by atoms with Gasteiger partial charge in [-0.2, -0.15) is 0 Å². The summed E-state index contributed by atoms with van der Waals surface area (Å²) in [6.45, 7) is 2.03. The molecule has 29 heavy (non-hydrogen) atoms. The maximum atomic E-state index is 13.3. The van der Waals surface area contributed by atoms with E-state index in [1.54, 1.807) is 38.4 Å². The van der Waals surface area contributed by atoms with Crippen molar-refractivity contribution in [3.05, 3.63) is 70.4 Å². The number of carbonyl (C=O) groups is 2. The largest absolute Gasteiger partial charge is 0.345 e. The average Bonchev–Trinajstić information content (AvgIpc) is 2.72. The molecular weight excluding hydrogens is 362 g/mol. The van der Waals surface area contributed by atoms with Crippen molar-refractivity contribution in [2.75, 3.05) is 19.4 Å². The Morgan fingerprint density at radius 2 is 1.72 bits per heavy atom. The van der Waals surface area contributed by atoms with Crippen LogP contribution in [0.4, 0.5) is 5.69 Å². The van der Waals surface area contributed by atoms with Gasteiger partial charge in [-0.1, -0.05) is 11.6 Å². The van der Waals surface area contributed by atoms with Crippen molar-refractivity contribution >= 4 is 28.4 Å². The fraction of sp³-hybridized carbons (Fsp3) is 0.292. The van der Waals surface area contributed by atoms with Crippen LogP contribution in [0.2, 0.25) is 0 Å². The molecule has 148 valence electrons. The molecule has 4 rings (SSSR count). The lowest BCUT2D eigenvalue weighted by Crippen LogP contribution is -2.22. The van der Waals surface area contributed by atoms with Gasteiger partial charge in [-0.25, -0.2) is 0 Å². The van der Waals surface area contributed by atoms with Crippen LogP contribution in [0.15, 0.2) is 42.5 Å². The van der Waals surface area contributed by atoms with Crippen molar-refractivity contribution in [1.82, 2.24) is 9.88 Å². The van der Waals surface area contributed by atoms with Crippen molar-refractivity contribution in [1.29, 1.82) is 0 Å². The van der Waals surface area contributed by atoms with Gasteiger partial charge in [0.2, 0.25) is 0 Å². The van der Waals surface area contributed by atoms with Crippen molar-refractivity contribution < 1.29 is 9.59 Å². The molecule has 5 heteroatoms. The Hall–Kier alpha value is -3.21. The summed E-state index contributed by atoms with van der Waals surface area (Å²) in [5, 5.41) is 3.93. The Morgan fingerprint density at radius 1 is 1.00 bits per heavy atom. The molecule has 2 amide bonds. The molecule has 1 N–H and O–H groups in total. The molecular formula is C24H25N3O2. The van der Waals surface area contributed by atoms with E-state index in [1.165, 1.54) is 4.90 Å². The highest BCUT2D eigenvalue weighted by Crippen LogP contribution is 2.30. The monoisotopic (exact) mass is 387 g/mol. The van der Waals surface area contributed by atoms with Gasteiger partial charge in [0.25, 0.3) is 11.8 Å². The predicted molar refractivity (Wildman–Crippen MR) is 116 cm³/mol. The Balaban J connectivity index is 1.71. The lowest BCUT2D eigenvalue weighted by atomic mass is 9.89. The fourth-order valence-corrected chi connectivity index (χ4v) is 3.94. The zero-order valence-corrected chi connectivity index (χ0v) is 17.1. The van der Waals surface area contributed by atoms with Gasteiger partial charge < -0.3 is 10.2 Å². The molecule has 0 saturated heterocycles. The quantitative estimate of drug-likeness (QED) is 0.726. The number of fused-ring (bicyclic) bond motifs is 2. The summed E-state index contributed by atoms with van der Waals surface area (Å²) >= 11 is 0. The molecule has 0 atom stereocenters. The van der Waals surface area contributed by atoms with Crippen LogP contribution in [-0.2, 0) is 12.8 Å². The van der Waals surface area contributed by atoms with Crippen LogP contribution in [0.3, 0.4) is 0 Å². The van der Waals surface area contributed by atoms with Crippen molar-refractivity contribution in [3.8, 4) is 0 Å². The van der Waals surface area contributed by atoms with Gasteiger partial charge in [-0.05, 0) is 74.6 Å². The van der Waals surface area contributed by atoms with Gasteiger partial charge in [0.1, 0.15) is 0 Å². The Bertz CT molecular complexity index is 1100. The third-order valence-corrected chi connectivity index (χ3v) is 5.44. The van der Waals surface area contributed by atoms with E-state index in [-0.39, 0.29) is 11.8 Å². The molecule has 0 radical (unpaired) electrons. The number of benzene rings is 2. The number of aromatic nitrogens is 1. The molecule has 0 spiro atoms. The summed E-state index contributed by atoms with van der Waals surface area (Å²) < 4.78 is 0. The molecule has 1 aliphatic rings. The summed E-state index contributed by atoms with van der Waals surface area (Å²) in [7, 11) is 3.44. The zero-order valence-electron chi connectivity index (χ0n) is 17.1. The smallest absolute Gasteiger partial charge is 0.256 e. The van der Waals surface area contributed by atoms with Crippen LogP contribution in [0.5, 0.6) is 0 Å². The molecule has 0 aliphatic heterocycles. The molecule has 0 bridgehead atoms. The van der Waals surface area contributed by atoms with E-state index >= 15 is 0 Å². The van der Waals surface area contributed by atoms with Gasteiger partial charge in [0.15, 0.2) is 0 Å². The second kappa shape index (κ2) is 7.66. The number of carbonyl (C=O) groups excluding carboxylic acids is 2. The van der Waals surface area contributed by atoms with E-state index in [0.29, 0.717) is 11.3 Å². The number of hydrogen-bond donors (Lipinski definition) is 1. The first-order chi connectivity index (χ1) is 13.9. The highest BCUT2D eigenvalue weighted by Gasteiger charge is 2.23. The summed E-state index contributed by atoms with van der Waals surface area (Å²) in [5.74, 6) is -0.180. The maximum absolute atomic E-state index is 13.3. The van der Waals surface area contributed by atoms with E-state index in [4.69, 9.17) is 4.98 Å². The normalized spacial score (nSPS) is 13.1. The number of nitrogens with one attached hydrogen (secondary N) is 1. The van der Waals surface area contributed by atoms with Gasteiger partial charge >= 0.3 is 0 Å². The summed E-state index contributed by atoms with van der Waals surface area (Å²) in [5.41, 5.74) is 6.10. The standard InChI is InChI=1S/C24H25N3O2/c1-15-8-13-21-19(14-15)22(18-6-4-5-7-20(18)26-21)23(28)25-17-11-9-16(10-12-17)24(29)27(2)3/h8-14H,4-7H2,1-3H3,(H,25,28). The van der Waals surface area contributed by atoms with Crippen LogP contribution < -0.4 is 5.32 Å². The Labute approximate surface area is 170 Å². The molecule has 2 aromatic carbocycles. The third-order valence-electron chi connectivity index (χ3n) is 5.44. The fourth-order valence-electron chi connectivity index (χ4n) is 3.94. The van der Waals surface area contributed by atoms with Crippen LogP contribution in [0, 0.1) is 6.92 Å². The van der Waals surface area contributed by atoms with E-state index in [0.717, 1.165) is 59.0 Å². The molecule has 0 unspecified atom stereocenters. The minimum absolute atomic E-state index is 0.0625. The minimum Gasteiger partial charge on any atom is -0.345 e. The second-order valence-corrected chi connectivity index (χ2v) is 7.87. The predicted octanol–water partition coefficient (Wildman–Crippen LogP) is 4.38. The SMILES string of the molecule is Cc1ccc2nc3c(c(C(=O)Nc4ccc(C(=O)N(C)C)cc4)c2c1)CCCC3. The first-order valence-corrected chi connectivity index (χ1v) is 9.99. The molecule has 1 aliphatic carbocycles. The Morgan fingerprint density at radius 3 is 2.45 bits per heavy atom. The van der Waals surface area contributed by atoms with Gasteiger partial charge in [-0.15, -0.1) is 0 Å². The van der Waals surface area contributed by atoms with Crippen LogP contribution in [0.1, 0.15) is 50.4 Å². The minimum atomic E-state index is -0.118. The third kappa shape index (κ3) is 3.73. The zero-order chi connectivity index (χ0) is 20.5. The number of aryl methyl sites for hydroxylation is 2. The molecule has 5 nitrogen and oxygen atoms in total. The summed E-state index contributed by atoms with van der Waals surface area (Å²) in [4.78, 5) is 31.8.